The Bertz CT molecular complexity index is 955. The molecule has 2 heterocycles. The number of nitrogens with zero attached hydrogens (tertiary/aromatic N) is 2. The number of hydrogen-bond donors (Lipinski definition) is 2. The number of imidazole rings is 1. The van der Waals surface area contributed by atoms with Gasteiger partial charge in [0.2, 0.25) is 5.82 Å². The first-order valence-electron chi connectivity index (χ1n) is 8.97. The molecule has 2 N–H and O–H groups in total. The summed E-state index contributed by atoms with van der Waals surface area (Å²) in [6.07, 6.45) is 2.47. The largest absolute Gasteiger partial charge is 0.349 e. The van der Waals surface area contributed by atoms with E-state index in [2.05, 4.69) is 15.6 Å². The number of nitrogens with one attached hydrogen (secondary N) is 2. The predicted octanol–water partition coefficient (Wildman–Crippen LogP) is 2.84. The molecule has 1 aromatic carbocycles. The van der Waals surface area contributed by atoms with E-state index in [1.807, 2.05) is 57.2 Å². The van der Waals surface area contributed by atoms with Crippen molar-refractivity contribution in [2.75, 3.05) is 6.54 Å². The number of carbonyl (C=O) groups is 2. The summed E-state index contributed by atoms with van der Waals surface area (Å²) >= 11 is 0. The van der Waals surface area contributed by atoms with Crippen LogP contribution in [-0.4, -0.2) is 33.3 Å². The first-order chi connectivity index (χ1) is 12.8. The Morgan fingerprint density at radius 3 is 2.41 bits per heavy atom. The third-order valence-electron chi connectivity index (χ3n) is 4.00. The van der Waals surface area contributed by atoms with Crippen molar-refractivity contribution >= 4 is 17.3 Å². The normalized spacial score (nSPS) is 11.4. The van der Waals surface area contributed by atoms with Crippen molar-refractivity contribution in [2.45, 2.75) is 32.7 Å². The molecule has 0 saturated heterocycles. The van der Waals surface area contributed by atoms with Gasteiger partial charge in [-0.2, -0.15) is 0 Å². The SMILES string of the molecule is CC(C)(C)NC(=O)c1nc(C(=O)NCCc2ccccc2)n2ccccc12. The summed E-state index contributed by atoms with van der Waals surface area (Å²) in [5.41, 5.74) is 1.61. The fraction of sp³-hybridized carbons (Fsp3) is 0.286. The van der Waals surface area contributed by atoms with Crippen molar-refractivity contribution in [3.05, 3.63) is 71.8 Å². The van der Waals surface area contributed by atoms with E-state index in [9.17, 15) is 9.59 Å². The molecule has 27 heavy (non-hydrogen) atoms. The van der Waals surface area contributed by atoms with Gasteiger partial charge in [0.1, 0.15) is 0 Å². The molecule has 0 aliphatic rings. The molecule has 0 bridgehead atoms. The van der Waals surface area contributed by atoms with E-state index < -0.39 is 0 Å². The highest BCUT2D eigenvalue weighted by molar-refractivity contribution is 6.02. The molecule has 2 aromatic heterocycles. The molecule has 0 saturated carbocycles. The van der Waals surface area contributed by atoms with Crippen molar-refractivity contribution in [1.82, 2.24) is 20.0 Å². The van der Waals surface area contributed by atoms with Crippen LogP contribution in [0.25, 0.3) is 5.52 Å². The Kier molecular flexibility index (Phi) is 5.26. The van der Waals surface area contributed by atoms with Gasteiger partial charge in [-0.3, -0.25) is 14.0 Å². The second-order valence-electron chi connectivity index (χ2n) is 7.44. The molecule has 0 spiro atoms. The fourth-order valence-electron chi connectivity index (χ4n) is 2.81. The van der Waals surface area contributed by atoms with E-state index in [1.165, 1.54) is 0 Å². The summed E-state index contributed by atoms with van der Waals surface area (Å²) < 4.78 is 1.65. The Morgan fingerprint density at radius 2 is 1.70 bits per heavy atom. The maximum Gasteiger partial charge on any atom is 0.287 e. The molecular formula is C21H24N4O2. The average Bonchev–Trinajstić information content (AvgIpc) is 3.01. The highest BCUT2D eigenvalue weighted by Crippen LogP contribution is 2.14. The maximum atomic E-state index is 12.6. The van der Waals surface area contributed by atoms with Crippen LogP contribution >= 0.6 is 0 Å². The minimum absolute atomic E-state index is 0.206. The summed E-state index contributed by atoms with van der Waals surface area (Å²) in [4.78, 5) is 29.6. The molecule has 140 valence electrons. The summed E-state index contributed by atoms with van der Waals surface area (Å²) in [5.74, 6) is -0.394. The number of carbonyl (C=O) groups excluding carboxylic acids is 2. The van der Waals surface area contributed by atoms with Gasteiger partial charge in [-0.25, -0.2) is 4.98 Å². The predicted molar refractivity (Wildman–Crippen MR) is 105 cm³/mol. The first kappa shape index (κ1) is 18.6. The van der Waals surface area contributed by atoms with Crippen LogP contribution < -0.4 is 10.6 Å². The lowest BCUT2D eigenvalue weighted by Gasteiger charge is -2.19. The molecule has 6 nitrogen and oxygen atoms in total. The van der Waals surface area contributed by atoms with Crippen LogP contribution in [0.4, 0.5) is 0 Å². The van der Waals surface area contributed by atoms with Crippen molar-refractivity contribution in [1.29, 1.82) is 0 Å². The zero-order chi connectivity index (χ0) is 19.4. The van der Waals surface area contributed by atoms with E-state index in [0.29, 0.717) is 12.1 Å². The Labute approximate surface area is 158 Å². The lowest BCUT2D eigenvalue weighted by molar-refractivity contribution is 0.0916. The van der Waals surface area contributed by atoms with Gasteiger partial charge in [0, 0.05) is 18.3 Å². The van der Waals surface area contributed by atoms with Gasteiger partial charge < -0.3 is 10.6 Å². The van der Waals surface area contributed by atoms with Gasteiger partial charge in [-0.15, -0.1) is 0 Å². The lowest BCUT2D eigenvalue weighted by atomic mass is 10.1. The summed E-state index contributed by atoms with van der Waals surface area (Å²) in [5, 5.41) is 5.78. The van der Waals surface area contributed by atoms with Crippen LogP contribution in [0.1, 0.15) is 47.4 Å². The summed E-state index contributed by atoms with van der Waals surface area (Å²) in [7, 11) is 0. The zero-order valence-electron chi connectivity index (χ0n) is 15.8. The number of aromatic nitrogens is 2. The Morgan fingerprint density at radius 1 is 1.00 bits per heavy atom. The standard InChI is InChI=1S/C21H24N4O2/c1-21(2,3)24-19(26)17-16-11-7-8-14-25(16)18(23-17)20(27)22-13-12-15-9-5-4-6-10-15/h4-11,14H,12-13H2,1-3H3,(H,22,27)(H,24,26). The fourth-order valence-corrected chi connectivity index (χ4v) is 2.81. The highest BCUT2D eigenvalue weighted by atomic mass is 16.2. The van der Waals surface area contributed by atoms with Crippen LogP contribution in [-0.2, 0) is 6.42 Å². The van der Waals surface area contributed by atoms with Crippen molar-refractivity contribution in [2.24, 2.45) is 0 Å². The molecule has 0 aliphatic heterocycles. The third-order valence-corrected chi connectivity index (χ3v) is 4.00. The summed E-state index contributed by atoms with van der Waals surface area (Å²) in [6.45, 7) is 6.20. The van der Waals surface area contributed by atoms with E-state index >= 15 is 0 Å². The molecule has 3 rings (SSSR count). The lowest BCUT2D eigenvalue weighted by Crippen LogP contribution is -2.40. The molecule has 0 fully saturated rings. The Balaban J connectivity index is 1.79. The van der Waals surface area contributed by atoms with Crippen LogP contribution in [0.5, 0.6) is 0 Å². The van der Waals surface area contributed by atoms with Crippen LogP contribution in [0, 0.1) is 0 Å². The number of amides is 2. The van der Waals surface area contributed by atoms with Crippen LogP contribution in [0.2, 0.25) is 0 Å². The molecule has 0 atom stereocenters. The molecular weight excluding hydrogens is 340 g/mol. The average molecular weight is 364 g/mol. The van der Waals surface area contributed by atoms with E-state index in [0.717, 1.165) is 12.0 Å². The number of rotatable bonds is 5. The molecule has 2 amide bonds. The first-order valence-corrected chi connectivity index (χ1v) is 8.97. The van der Waals surface area contributed by atoms with Crippen molar-refractivity contribution in [3.63, 3.8) is 0 Å². The van der Waals surface area contributed by atoms with Gasteiger partial charge in [-0.1, -0.05) is 36.4 Å². The minimum atomic E-state index is -0.389. The van der Waals surface area contributed by atoms with Gasteiger partial charge in [0.15, 0.2) is 5.69 Å². The number of benzene rings is 1. The van der Waals surface area contributed by atoms with Crippen LogP contribution in [0.3, 0.4) is 0 Å². The minimum Gasteiger partial charge on any atom is -0.349 e. The van der Waals surface area contributed by atoms with Crippen molar-refractivity contribution < 1.29 is 9.59 Å². The van der Waals surface area contributed by atoms with E-state index in [-0.39, 0.29) is 28.9 Å². The molecule has 0 radical (unpaired) electrons. The van der Waals surface area contributed by atoms with E-state index in [4.69, 9.17) is 0 Å². The molecule has 3 aromatic rings. The van der Waals surface area contributed by atoms with Gasteiger partial charge in [0.05, 0.1) is 5.52 Å². The number of pyridine rings is 1. The van der Waals surface area contributed by atoms with Gasteiger partial charge >= 0.3 is 0 Å². The van der Waals surface area contributed by atoms with E-state index in [1.54, 1.807) is 22.7 Å². The third kappa shape index (κ3) is 4.53. The maximum absolute atomic E-state index is 12.6. The topological polar surface area (TPSA) is 75.5 Å². The number of fused-ring (bicyclic) bond motifs is 1. The second-order valence-corrected chi connectivity index (χ2v) is 7.44. The Hall–Kier alpha value is -3.15. The second kappa shape index (κ2) is 7.61. The zero-order valence-corrected chi connectivity index (χ0v) is 15.8. The highest BCUT2D eigenvalue weighted by Gasteiger charge is 2.23. The molecule has 0 unspecified atom stereocenters. The van der Waals surface area contributed by atoms with Crippen molar-refractivity contribution in [3.8, 4) is 0 Å². The molecule has 0 aliphatic carbocycles. The monoisotopic (exact) mass is 364 g/mol. The van der Waals surface area contributed by atoms with Gasteiger partial charge in [0.25, 0.3) is 11.8 Å². The smallest absolute Gasteiger partial charge is 0.287 e. The summed E-state index contributed by atoms with van der Waals surface area (Å²) in [6, 6.07) is 15.4. The van der Waals surface area contributed by atoms with Gasteiger partial charge in [-0.05, 0) is 44.9 Å². The van der Waals surface area contributed by atoms with Crippen LogP contribution in [0.15, 0.2) is 54.7 Å². The number of hydrogen-bond acceptors (Lipinski definition) is 3. The quantitative estimate of drug-likeness (QED) is 0.731. The molecule has 6 heteroatoms.